The van der Waals surface area contributed by atoms with Crippen molar-refractivity contribution in [3.63, 3.8) is 0 Å². The number of hydrogen-bond donors (Lipinski definition) is 0. The molecule has 0 N–H and O–H groups in total. The van der Waals surface area contributed by atoms with Crippen LogP contribution in [-0.2, 0) is 9.68 Å². The van der Waals surface area contributed by atoms with E-state index in [4.69, 9.17) is 21.1 Å². The van der Waals surface area contributed by atoms with Crippen molar-refractivity contribution in [2.45, 2.75) is 0 Å². The highest BCUT2D eigenvalue weighted by Gasteiger charge is 2.23. The van der Waals surface area contributed by atoms with Crippen molar-refractivity contribution in [3.8, 4) is 11.5 Å². The van der Waals surface area contributed by atoms with Crippen LogP contribution < -0.4 is 9.47 Å². The molecule has 2 aromatic heterocycles. The number of rotatable bonds is 2. The first-order valence-corrected chi connectivity index (χ1v) is 7.67. The first kappa shape index (κ1) is 17.0. The first-order valence-electron chi connectivity index (χ1n) is 7.29. The fourth-order valence-electron chi connectivity index (χ4n) is 2.33. The van der Waals surface area contributed by atoms with Crippen LogP contribution in [0.3, 0.4) is 0 Å². The van der Waals surface area contributed by atoms with E-state index in [9.17, 15) is 0 Å². The van der Waals surface area contributed by atoms with Crippen molar-refractivity contribution in [2.24, 2.45) is 10.3 Å². The van der Waals surface area contributed by atoms with E-state index < -0.39 is 0 Å². The predicted octanol–water partition coefficient (Wildman–Crippen LogP) is 2.30. The Labute approximate surface area is 149 Å². The number of ether oxygens (including phenoxy) is 2. The molecule has 2 aromatic rings. The molecule has 0 fully saturated rings. The van der Waals surface area contributed by atoms with Crippen molar-refractivity contribution in [2.75, 3.05) is 27.4 Å². The number of hydrogen-bond acceptors (Lipinski definition) is 8. The first-order chi connectivity index (χ1) is 12.2. The van der Waals surface area contributed by atoms with Gasteiger partial charge in [-0.1, -0.05) is 21.9 Å². The third-order valence-electron chi connectivity index (χ3n) is 3.39. The molecule has 8 nitrogen and oxygen atoms in total. The van der Waals surface area contributed by atoms with Crippen LogP contribution in [0, 0.1) is 0 Å². The van der Waals surface area contributed by atoms with Crippen LogP contribution in [-0.4, -0.2) is 48.8 Å². The van der Waals surface area contributed by atoms with Gasteiger partial charge in [0.2, 0.25) is 0 Å². The zero-order chi connectivity index (χ0) is 17.6. The zero-order valence-corrected chi connectivity index (χ0v) is 14.4. The monoisotopic (exact) mass is 362 g/mol. The molecule has 0 bridgehead atoms. The Kier molecular flexibility index (Phi) is 5.30. The van der Waals surface area contributed by atoms with Crippen LogP contribution in [0.1, 0.15) is 11.1 Å². The SMILES string of the molecule is CON=C1COc2c1ccnc2Cl.CON=C1COc2cnccc21. The summed E-state index contributed by atoms with van der Waals surface area (Å²) in [6, 6.07) is 3.66. The van der Waals surface area contributed by atoms with Crippen LogP contribution in [0.25, 0.3) is 0 Å². The summed E-state index contributed by atoms with van der Waals surface area (Å²) in [5.41, 5.74) is 3.37. The van der Waals surface area contributed by atoms with Gasteiger partial charge in [-0.05, 0) is 12.1 Å². The van der Waals surface area contributed by atoms with Gasteiger partial charge >= 0.3 is 0 Å². The minimum atomic E-state index is 0.360. The molecule has 25 heavy (non-hydrogen) atoms. The lowest BCUT2D eigenvalue weighted by molar-refractivity contribution is 0.211. The average molecular weight is 363 g/mol. The Balaban J connectivity index is 0.000000146. The van der Waals surface area contributed by atoms with E-state index in [1.54, 1.807) is 24.7 Å². The van der Waals surface area contributed by atoms with Crippen molar-refractivity contribution in [1.29, 1.82) is 0 Å². The molecule has 0 unspecified atom stereocenters. The maximum Gasteiger partial charge on any atom is 0.171 e. The van der Waals surface area contributed by atoms with Gasteiger partial charge in [0.05, 0.1) is 6.20 Å². The number of fused-ring (bicyclic) bond motifs is 2. The van der Waals surface area contributed by atoms with Crippen molar-refractivity contribution >= 4 is 23.0 Å². The van der Waals surface area contributed by atoms with Gasteiger partial charge in [0.1, 0.15) is 44.6 Å². The molecule has 0 amide bonds. The van der Waals surface area contributed by atoms with Gasteiger partial charge in [-0.25, -0.2) is 4.98 Å². The molecule has 0 atom stereocenters. The Bertz CT molecular complexity index is 826. The molecule has 0 spiro atoms. The van der Waals surface area contributed by atoms with E-state index in [1.807, 2.05) is 6.07 Å². The van der Waals surface area contributed by atoms with Crippen LogP contribution in [0.2, 0.25) is 5.15 Å². The number of halogens is 1. The molecule has 0 saturated heterocycles. The van der Waals surface area contributed by atoms with Gasteiger partial charge in [-0.15, -0.1) is 0 Å². The molecular formula is C16H15ClN4O4. The Morgan fingerprint density at radius 3 is 2.44 bits per heavy atom. The van der Waals surface area contributed by atoms with E-state index in [2.05, 4.69) is 30.0 Å². The largest absolute Gasteiger partial charge is 0.485 e. The summed E-state index contributed by atoms with van der Waals surface area (Å²) in [4.78, 5) is 17.2. The molecular weight excluding hydrogens is 348 g/mol. The van der Waals surface area contributed by atoms with Crippen molar-refractivity contribution in [1.82, 2.24) is 9.97 Å². The summed E-state index contributed by atoms with van der Waals surface area (Å²) in [5, 5.41) is 8.00. The summed E-state index contributed by atoms with van der Waals surface area (Å²) in [7, 11) is 3.01. The summed E-state index contributed by atoms with van der Waals surface area (Å²) < 4.78 is 10.6. The lowest BCUT2D eigenvalue weighted by atomic mass is 10.2. The Hall–Kier alpha value is -2.87. The molecule has 0 radical (unpaired) electrons. The molecule has 2 aliphatic heterocycles. The number of nitrogens with zero attached hydrogens (tertiary/aromatic N) is 4. The van der Waals surface area contributed by atoms with Crippen LogP contribution in [0.4, 0.5) is 0 Å². The van der Waals surface area contributed by atoms with Gasteiger partial charge in [0.15, 0.2) is 10.9 Å². The maximum atomic E-state index is 5.80. The zero-order valence-electron chi connectivity index (χ0n) is 13.6. The van der Waals surface area contributed by atoms with Crippen LogP contribution in [0.15, 0.2) is 41.0 Å². The predicted molar refractivity (Wildman–Crippen MR) is 91.6 cm³/mol. The molecule has 9 heteroatoms. The fraction of sp³-hybridized carbons (Fsp3) is 0.250. The van der Waals surface area contributed by atoms with Gasteiger partial charge < -0.3 is 19.1 Å². The topological polar surface area (TPSA) is 87.4 Å². The third-order valence-corrected chi connectivity index (χ3v) is 3.66. The second-order valence-electron chi connectivity index (χ2n) is 4.87. The van der Waals surface area contributed by atoms with E-state index in [0.717, 1.165) is 28.3 Å². The van der Waals surface area contributed by atoms with Gasteiger partial charge in [0.25, 0.3) is 0 Å². The molecule has 0 saturated carbocycles. The highest BCUT2D eigenvalue weighted by atomic mass is 35.5. The second kappa shape index (κ2) is 7.80. The number of aromatic nitrogens is 2. The molecule has 130 valence electrons. The van der Waals surface area contributed by atoms with Crippen molar-refractivity contribution < 1.29 is 19.1 Å². The molecule has 4 rings (SSSR count). The maximum absolute atomic E-state index is 5.80. The Morgan fingerprint density at radius 2 is 1.68 bits per heavy atom. The molecule has 0 aromatic carbocycles. The van der Waals surface area contributed by atoms with E-state index in [-0.39, 0.29) is 0 Å². The summed E-state index contributed by atoms with van der Waals surface area (Å²) in [5.74, 6) is 1.35. The van der Waals surface area contributed by atoms with Gasteiger partial charge in [-0.3, -0.25) is 4.98 Å². The highest BCUT2D eigenvalue weighted by Crippen LogP contribution is 2.31. The smallest absolute Gasteiger partial charge is 0.171 e. The summed E-state index contributed by atoms with van der Waals surface area (Å²) >= 11 is 5.80. The molecule has 2 aliphatic rings. The summed E-state index contributed by atoms with van der Waals surface area (Å²) in [6.45, 7) is 0.851. The van der Waals surface area contributed by atoms with Gasteiger partial charge in [0, 0.05) is 23.5 Å². The highest BCUT2D eigenvalue weighted by molar-refractivity contribution is 6.32. The second-order valence-corrected chi connectivity index (χ2v) is 5.23. The van der Waals surface area contributed by atoms with Gasteiger partial charge in [-0.2, -0.15) is 0 Å². The number of pyridine rings is 2. The van der Waals surface area contributed by atoms with E-state index >= 15 is 0 Å². The lowest BCUT2D eigenvalue weighted by Crippen LogP contribution is -2.02. The fourth-order valence-corrected chi connectivity index (χ4v) is 2.55. The molecule has 4 heterocycles. The minimum absolute atomic E-state index is 0.360. The average Bonchev–Trinajstić information content (AvgIpc) is 3.22. The quantitative estimate of drug-likeness (QED) is 0.601. The summed E-state index contributed by atoms with van der Waals surface area (Å²) in [6.07, 6.45) is 4.99. The number of oxime groups is 2. The van der Waals surface area contributed by atoms with Crippen LogP contribution in [0.5, 0.6) is 11.5 Å². The lowest BCUT2D eigenvalue weighted by Gasteiger charge is -1.97. The van der Waals surface area contributed by atoms with Crippen molar-refractivity contribution in [3.05, 3.63) is 47.0 Å². The van der Waals surface area contributed by atoms with Crippen LogP contribution >= 0.6 is 11.6 Å². The molecule has 0 aliphatic carbocycles. The Morgan fingerprint density at radius 1 is 1.00 bits per heavy atom. The van der Waals surface area contributed by atoms with E-state index in [1.165, 1.54) is 14.2 Å². The standard InChI is InChI=1S/C8H7ClN2O2.C8H8N2O2/c1-12-11-6-4-13-7-5(6)2-3-10-8(7)9;1-11-10-7-5-12-8-4-9-3-2-6(7)8/h2-3H,4H2,1H3;2-4H,5H2,1H3. The minimum Gasteiger partial charge on any atom is -0.485 e. The third kappa shape index (κ3) is 3.63. The normalized spacial score (nSPS) is 17.1. The van der Waals surface area contributed by atoms with E-state index in [0.29, 0.717) is 24.1 Å².